The molecule has 0 amide bonds. The third kappa shape index (κ3) is 11.1. The number of carbonyl (C=O) groups is 2. The molecule has 14 nitrogen and oxygen atoms in total. The van der Waals surface area contributed by atoms with Crippen LogP contribution in [0, 0.1) is 23.7 Å². The van der Waals surface area contributed by atoms with E-state index < -0.39 is 103 Å². The molecule has 3 rings (SSSR count). The molecule has 2 fully saturated rings. The molecule has 0 aromatic heterocycles. The lowest BCUT2D eigenvalue weighted by Gasteiger charge is -2.46. The number of methoxy groups -OCH3 is 2. The Bertz CT molecular complexity index is 1200. The Morgan fingerprint density at radius 3 is 2.06 bits per heavy atom. The van der Waals surface area contributed by atoms with Crippen molar-refractivity contribution >= 4 is 11.8 Å². The lowest BCUT2D eigenvalue weighted by atomic mass is 9.82. The Hall–Kier alpha value is -1.82. The third-order valence-electron chi connectivity index (χ3n) is 10.9. The predicted octanol–water partition coefficient (Wildman–Crippen LogP) is 1.99. The largest absolute Gasteiger partial charge is 0.462 e. The summed E-state index contributed by atoms with van der Waals surface area (Å²) in [5.74, 6) is -2.56. The van der Waals surface area contributed by atoms with Gasteiger partial charge in [0.25, 0.3) is 0 Å². The fourth-order valence-electron chi connectivity index (χ4n) is 7.62. The highest BCUT2D eigenvalue weighted by atomic mass is 16.7. The van der Waals surface area contributed by atoms with E-state index in [-0.39, 0.29) is 24.7 Å². The van der Waals surface area contributed by atoms with Gasteiger partial charge in [-0.2, -0.15) is 0 Å². The van der Waals surface area contributed by atoms with Crippen molar-refractivity contribution in [3.63, 3.8) is 0 Å². The number of aliphatic hydroxyl groups excluding tert-OH is 4. The van der Waals surface area contributed by atoms with Crippen molar-refractivity contribution in [2.45, 2.75) is 147 Å². The molecule has 3 aliphatic heterocycles. The number of carbonyl (C=O) groups excluding carboxylic acids is 2. The molecule has 17 unspecified atom stereocenters. The maximum absolute atomic E-state index is 13.5. The first-order valence-corrected chi connectivity index (χ1v) is 18.6. The van der Waals surface area contributed by atoms with Crippen LogP contribution in [-0.4, -0.2) is 152 Å². The van der Waals surface area contributed by atoms with E-state index in [0.717, 1.165) is 5.57 Å². The summed E-state index contributed by atoms with van der Waals surface area (Å²) >= 11 is 0. The lowest BCUT2D eigenvalue weighted by Crippen LogP contribution is -2.63. The number of esters is 1. The van der Waals surface area contributed by atoms with Crippen molar-refractivity contribution in [1.82, 2.24) is 4.90 Å². The van der Waals surface area contributed by atoms with Gasteiger partial charge in [-0.15, -0.1) is 0 Å². The van der Waals surface area contributed by atoms with Crippen LogP contribution in [0.5, 0.6) is 0 Å². The van der Waals surface area contributed by atoms with Gasteiger partial charge in [-0.3, -0.25) is 9.59 Å². The zero-order chi connectivity index (χ0) is 39.0. The van der Waals surface area contributed by atoms with Gasteiger partial charge in [-0.1, -0.05) is 45.4 Å². The Morgan fingerprint density at radius 1 is 0.846 bits per heavy atom. The minimum Gasteiger partial charge on any atom is -0.462 e. The van der Waals surface area contributed by atoms with Crippen molar-refractivity contribution in [3.05, 3.63) is 23.8 Å². The first-order valence-electron chi connectivity index (χ1n) is 18.6. The zero-order valence-electron chi connectivity index (χ0n) is 32.8. The molecule has 0 aromatic carbocycles. The predicted molar refractivity (Wildman–Crippen MR) is 191 cm³/mol. The second-order valence-electron chi connectivity index (χ2n) is 15.2. The molecule has 300 valence electrons. The quantitative estimate of drug-likeness (QED) is 0.252. The highest BCUT2D eigenvalue weighted by molar-refractivity contribution is 5.91. The maximum atomic E-state index is 13.5. The fourth-order valence-corrected chi connectivity index (χ4v) is 7.62. The monoisotopic (exact) mass is 743 g/mol. The van der Waals surface area contributed by atoms with Crippen LogP contribution in [0.2, 0.25) is 0 Å². The van der Waals surface area contributed by atoms with Crippen molar-refractivity contribution in [1.29, 1.82) is 0 Å². The number of nitrogens with zero attached hydrogens (tertiary/aromatic N) is 1. The minimum absolute atomic E-state index is 0.0439. The second kappa shape index (κ2) is 20.2. The highest BCUT2D eigenvalue weighted by Gasteiger charge is 2.47. The number of cyclic esters (lactones) is 1. The lowest BCUT2D eigenvalue weighted by molar-refractivity contribution is -0.304. The van der Waals surface area contributed by atoms with E-state index in [2.05, 4.69) is 0 Å². The number of ketones is 1. The fraction of sp³-hybridized carbons (Fsp3) is 0.842. The molecule has 0 bridgehead atoms. The van der Waals surface area contributed by atoms with Crippen molar-refractivity contribution < 1.29 is 63.2 Å². The summed E-state index contributed by atoms with van der Waals surface area (Å²) in [5, 5.41) is 44.0. The van der Waals surface area contributed by atoms with Crippen LogP contribution in [0.15, 0.2) is 23.8 Å². The Balaban J connectivity index is 1.90. The number of hydrogen-bond acceptors (Lipinski definition) is 14. The number of rotatable bonds is 9. The highest BCUT2D eigenvalue weighted by Crippen LogP contribution is 2.33. The summed E-state index contributed by atoms with van der Waals surface area (Å²) in [7, 11) is 6.46. The van der Waals surface area contributed by atoms with E-state index in [1.165, 1.54) is 20.3 Å². The number of likely N-dealkylation sites (N-methyl/N-ethyl adjacent to an activating group) is 1. The maximum Gasteiger partial charge on any atom is 0.308 e. The minimum atomic E-state index is -1.21. The van der Waals surface area contributed by atoms with Gasteiger partial charge in [0.1, 0.15) is 30.5 Å². The summed E-state index contributed by atoms with van der Waals surface area (Å²) in [4.78, 5) is 28.6. The van der Waals surface area contributed by atoms with Gasteiger partial charge in [0.2, 0.25) is 0 Å². The van der Waals surface area contributed by atoms with E-state index in [4.69, 9.17) is 33.2 Å². The molecule has 0 aromatic rings. The summed E-state index contributed by atoms with van der Waals surface area (Å²) in [6.07, 6.45) is -4.78. The Morgan fingerprint density at radius 2 is 1.46 bits per heavy atom. The summed E-state index contributed by atoms with van der Waals surface area (Å²) in [5.41, 5.74) is 0.750. The van der Waals surface area contributed by atoms with Gasteiger partial charge < -0.3 is 58.5 Å². The first kappa shape index (κ1) is 44.6. The third-order valence-corrected chi connectivity index (χ3v) is 10.9. The molecule has 2 saturated heterocycles. The Kier molecular flexibility index (Phi) is 17.3. The summed E-state index contributed by atoms with van der Waals surface area (Å²) in [6.45, 7) is 12.7. The molecule has 17 atom stereocenters. The van der Waals surface area contributed by atoms with Crippen LogP contribution in [0.3, 0.4) is 0 Å². The first-order chi connectivity index (χ1) is 24.4. The van der Waals surface area contributed by atoms with Gasteiger partial charge in [0.05, 0.1) is 49.6 Å². The van der Waals surface area contributed by atoms with Crippen LogP contribution in [0.4, 0.5) is 0 Å². The van der Waals surface area contributed by atoms with Gasteiger partial charge >= 0.3 is 5.97 Å². The topological polar surface area (TPSA) is 183 Å². The summed E-state index contributed by atoms with van der Waals surface area (Å²) in [6, 6.07) is -0.670. The van der Waals surface area contributed by atoms with Crippen LogP contribution in [0.1, 0.15) is 67.7 Å². The molecular weight excluding hydrogens is 678 g/mol. The Labute approximate surface area is 309 Å². The van der Waals surface area contributed by atoms with Crippen molar-refractivity contribution in [2.24, 2.45) is 23.7 Å². The second-order valence-corrected chi connectivity index (χ2v) is 15.2. The summed E-state index contributed by atoms with van der Waals surface area (Å²) < 4.78 is 41.7. The molecule has 3 aliphatic rings. The molecule has 0 spiro atoms. The van der Waals surface area contributed by atoms with E-state index in [9.17, 15) is 30.0 Å². The molecule has 0 radical (unpaired) electrons. The normalized spacial score (nSPS) is 44.9. The van der Waals surface area contributed by atoms with E-state index >= 15 is 0 Å². The van der Waals surface area contributed by atoms with Crippen LogP contribution in [-0.2, 0) is 42.7 Å². The van der Waals surface area contributed by atoms with Crippen molar-refractivity contribution in [3.8, 4) is 0 Å². The van der Waals surface area contributed by atoms with Gasteiger partial charge in [-0.05, 0) is 59.7 Å². The molecule has 0 aliphatic carbocycles. The number of hydrogen-bond donors (Lipinski definition) is 4. The van der Waals surface area contributed by atoms with Crippen LogP contribution in [0.25, 0.3) is 0 Å². The van der Waals surface area contributed by atoms with Crippen molar-refractivity contribution in [2.75, 3.05) is 34.9 Å². The smallest absolute Gasteiger partial charge is 0.308 e. The average Bonchev–Trinajstić information content (AvgIpc) is 3.09. The zero-order valence-corrected chi connectivity index (χ0v) is 32.8. The average molecular weight is 744 g/mol. The number of ether oxygens (including phenoxy) is 7. The van der Waals surface area contributed by atoms with Crippen LogP contribution < -0.4 is 0 Å². The molecule has 52 heavy (non-hydrogen) atoms. The molecular formula is C38H65NO13. The standard InChI is InChI=1S/C38H65NO13/c1-12-28-25(18-48-38-36(47-11)35(46-10)32(44)24(7)50-38)15-19(2)13-14-26(40)20(3)16-21(4)34(22(5)27(41)17-29(42)51-28)52-37-33(45)30(39(8)9)31(43)23(6)49-37/h13-15,20-25,27-28,30-38,41,43-45H,12,16-18H2,1-11H3/b14-13-,19-15+. The number of allylic oxidation sites excluding steroid dienone is 3. The molecule has 14 heteroatoms. The van der Waals surface area contributed by atoms with E-state index in [1.54, 1.807) is 45.8 Å². The van der Waals surface area contributed by atoms with E-state index in [0.29, 0.717) is 12.8 Å². The SMILES string of the molecule is CCC1OC(=O)CC(O)C(C)C(OC2OC(C)C(O)C(N(C)C)C2O)C(C)CC(C)C(=O)/C=C\C(C)=C\C1COC1OC(C)C(O)C(OC)C1OC. The van der Waals surface area contributed by atoms with E-state index in [1.807, 2.05) is 33.8 Å². The van der Waals surface area contributed by atoms with Gasteiger partial charge in [-0.25, -0.2) is 0 Å². The van der Waals surface area contributed by atoms with Crippen LogP contribution >= 0.6 is 0 Å². The molecule has 4 N–H and O–H groups in total. The molecule has 0 saturated carbocycles. The molecule has 3 heterocycles. The number of aliphatic hydroxyl groups is 4. The van der Waals surface area contributed by atoms with Gasteiger partial charge in [0.15, 0.2) is 18.4 Å². The van der Waals surface area contributed by atoms with Gasteiger partial charge in [0, 0.05) is 32.0 Å².